The van der Waals surface area contributed by atoms with Crippen molar-refractivity contribution in [2.24, 2.45) is 0 Å². The average Bonchev–Trinajstić information content (AvgIpc) is 3.42. The maximum atomic E-state index is 15.7. The molecular weight excluding hydrogens is 542 g/mol. The number of pyridine rings is 1. The van der Waals surface area contributed by atoms with Crippen LogP contribution in [-0.4, -0.2) is 33.2 Å². The molecule has 0 atom stereocenters. The standard InChI is InChI=1S/C35H27B2F2NOS/c1-35(2,3)28-30(39)29(36)31(40-34(28)37)23-11-8-10-21-22-15-16-24(38)27(33(22)41-32(21)23)18-13-14-20-19-9-6-7-12-25(19)42(4,5)26(20)17-18/h6-17H,1-5H3. The predicted molar refractivity (Wildman–Crippen MR) is 173 cm³/mol. The first kappa shape index (κ1) is 27.0. The minimum atomic E-state index is -1.28. The average molecular weight is 569 g/mol. The Morgan fingerprint density at radius 1 is 0.762 bits per heavy atom. The maximum Gasteiger partial charge on any atom is 0.146 e. The molecule has 4 aromatic carbocycles. The van der Waals surface area contributed by atoms with Crippen LogP contribution < -0.4 is 11.1 Å². The minimum absolute atomic E-state index is 0.0771. The number of halogens is 2. The molecule has 2 aromatic heterocycles. The number of furan rings is 1. The van der Waals surface area contributed by atoms with Crippen molar-refractivity contribution >= 4 is 58.7 Å². The second kappa shape index (κ2) is 9.08. The van der Waals surface area contributed by atoms with Gasteiger partial charge in [-0.3, -0.25) is 4.98 Å². The first-order chi connectivity index (χ1) is 19.9. The topological polar surface area (TPSA) is 26.0 Å². The lowest BCUT2D eigenvalue weighted by molar-refractivity contribution is 0.529. The summed E-state index contributed by atoms with van der Waals surface area (Å²) < 4.78 is 37.8. The van der Waals surface area contributed by atoms with Crippen LogP contribution >= 0.6 is 10.0 Å². The van der Waals surface area contributed by atoms with Crippen molar-refractivity contribution in [3.05, 3.63) is 90.0 Å². The summed E-state index contributed by atoms with van der Waals surface area (Å²) in [6.07, 6.45) is 4.55. The van der Waals surface area contributed by atoms with E-state index in [9.17, 15) is 0 Å². The number of fused-ring (bicyclic) bond motifs is 6. The summed E-state index contributed by atoms with van der Waals surface area (Å²) in [5, 5.41) is 1.50. The lowest BCUT2D eigenvalue weighted by atomic mass is 9.76. The number of para-hydroxylation sites is 1. The van der Waals surface area contributed by atoms with Gasteiger partial charge in [0.1, 0.15) is 38.5 Å². The summed E-state index contributed by atoms with van der Waals surface area (Å²) in [5.74, 6) is -0.970. The Bertz CT molecular complexity index is 2110. The monoisotopic (exact) mass is 569 g/mol. The Morgan fingerprint density at radius 3 is 2.21 bits per heavy atom. The summed E-state index contributed by atoms with van der Waals surface area (Å²) >= 11 is 0. The van der Waals surface area contributed by atoms with Gasteiger partial charge in [-0.25, -0.2) is 8.78 Å². The van der Waals surface area contributed by atoms with Crippen molar-refractivity contribution in [1.29, 1.82) is 0 Å². The quantitative estimate of drug-likeness (QED) is 0.198. The molecule has 204 valence electrons. The number of benzene rings is 4. The zero-order valence-electron chi connectivity index (χ0n) is 24.1. The van der Waals surface area contributed by atoms with E-state index in [4.69, 9.17) is 20.1 Å². The van der Waals surface area contributed by atoms with E-state index < -0.39 is 21.3 Å². The molecule has 1 aliphatic rings. The number of hydrogen-bond acceptors (Lipinski definition) is 2. The third-order valence-corrected chi connectivity index (χ3v) is 11.3. The zero-order chi connectivity index (χ0) is 29.7. The van der Waals surface area contributed by atoms with Crippen LogP contribution in [-0.2, 0) is 5.41 Å². The van der Waals surface area contributed by atoms with Crippen molar-refractivity contribution < 1.29 is 13.2 Å². The smallest absolute Gasteiger partial charge is 0.146 e. The molecule has 0 saturated heterocycles. The van der Waals surface area contributed by atoms with Crippen molar-refractivity contribution in [1.82, 2.24) is 4.98 Å². The Balaban J connectivity index is 1.46. The van der Waals surface area contributed by atoms with E-state index in [2.05, 4.69) is 53.9 Å². The molecule has 0 N–H and O–H groups in total. The summed E-state index contributed by atoms with van der Waals surface area (Å²) in [5.41, 5.74) is 4.77. The van der Waals surface area contributed by atoms with E-state index in [-0.39, 0.29) is 28.1 Å². The van der Waals surface area contributed by atoms with Crippen molar-refractivity contribution in [3.63, 3.8) is 0 Å². The molecule has 0 spiro atoms. The van der Waals surface area contributed by atoms with Gasteiger partial charge >= 0.3 is 0 Å². The number of rotatable bonds is 2. The summed E-state index contributed by atoms with van der Waals surface area (Å²) in [6.45, 7) is 5.58. The van der Waals surface area contributed by atoms with Gasteiger partial charge in [-0.05, 0) is 76.0 Å². The predicted octanol–water partition coefficient (Wildman–Crippen LogP) is 7.94. The van der Waals surface area contributed by atoms with E-state index >= 15 is 8.78 Å². The van der Waals surface area contributed by atoms with Gasteiger partial charge < -0.3 is 4.42 Å². The lowest BCUT2D eigenvalue weighted by Crippen LogP contribution is -2.34. The van der Waals surface area contributed by atoms with Crippen LogP contribution in [0, 0.1) is 11.6 Å². The molecular formula is C35H27B2F2NOS. The van der Waals surface area contributed by atoms with Gasteiger partial charge in [0, 0.05) is 31.7 Å². The van der Waals surface area contributed by atoms with Crippen LogP contribution in [0.15, 0.2) is 87.0 Å². The molecule has 0 fully saturated rings. The van der Waals surface area contributed by atoms with Crippen molar-refractivity contribution in [3.8, 4) is 33.5 Å². The van der Waals surface area contributed by atoms with E-state index in [1.165, 1.54) is 27.0 Å². The fourth-order valence-electron chi connectivity index (χ4n) is 6.37. The zero-order valence-corrected chi connectivity index (χ0v) is 24.9. The number of nitrogens with zero attached hydrogens (tertiary/aromatic N) is 1. The molecule has 0 unspecified atom stereocenters. The number of aromatic nitrogens is 1. The molecule has 2 nitrogen and oxygen atoms in total. The Morgan fingerprint density at radius 2 is 1.45 bits per heavy atom. The molecule has 4 radical (unpaired) electrons. The maximum absolute atomic E-state index is 15.7. The summed E-state index contributed by atoms with van der Waals surface area (Å²) in [4.78, 5) is 7.10. The fraction of sp³-hybridized carbons (Fsp3) is 0.171. The fourth-order valence-corrected chi connectivity index (χ4v) is 8.91. The highest BCUT2D eigenvalue weighted by molar-refractivity contribution is 8.33. The molecule has 42 heavy (non-hydrogen) atoms. The molecule has 0 amide bonds. The Hall–Kier alpha value is -3.83. The molecule has 1 aliphatic heterocycles. The summed E-state index contributed by atoms with van der Waals surface area (Å²) in [7, 11) is 11.3. The molecule has 0 aliphatic carbocycles. The Labute approximate surface area is 248 Å². The Kier molecular flexibility index (Phi) is 5.85. The third-order valence-electron chi connectivity index (χ3n) is 8.37. The summed E-state index contributed by atoms with van der Waals surface area (Å²) in [6, 6.07) is 23.3. The van der Waals surface area contributed by atoms with Crippen LogP contribution in [0.1, 0.15) is 26.3 Å². The van der Waals surface area contributed by atoms with Gasteiger partial charge in [0.15, 0.2) is 0 Å². The normalized spacial score (nSPS) is 14.7. The van der Waals surface area contributed by atoms with E-state index in [0.717, 1.165) is 16.3 Å². The van der Waals surface area contributed by atoms with Gasteiger partial charge in [0.05, 0.1) is 11.3 Å². The van der Waals surface area contributed by atoms with E-state index in [1.54, 1.807) is 12.1 Å². The minimum Gasteiger partial charge on any atom is -0.455 e. The number of hydrogen-bond donors (Lipinski definition) is 0. The first-order valence-electron chi connectivity index (χ1n) is 13.8. The first-order valence-corrected chi connectivity index (χ1v) is 16.2. The highest BCUT2D eigenvalue weighted by atomic mass is 32.3. The second-order valence-electron chi connectivity index (χ2n) is 12.3. The molecule has 0 saturated carbocycles. The van der Waals surface area contributed by atoms with Gasteiger partial charge in [-0.2, -0.15) is 10.0 Å². The molecule has 3 heterocycles. The van der Waals surface area contributed by atoms with Crippen LogP contribution in [0.25, 0.3) is 55.4 Å². The SMILES string of the molecule is [B]c1nc(-c2cccc3c2oc2c(-c4ccc5c(c4)S(C)(C)c4ccccc4-5)c(F)ccc23)c([B])c(F)c1C(C)(C)C. The molecule has 7 rings (SSSR count). The second-order valence-corrected chi connectivity index (χ2v) is 15.8. The van der Waals surface area contributed by atoms with Gasteiger partial charge in [0.2, 0.25) is 0 Å². The van der Waals surface area contributed by atoms with Crippen LogP contribution in [0.2, 0.25) is 0 Å². The molecule has 7 heteroatoms. The lowest BCUT2D eigenvalue weighted by Gasteiger charge is -2.28. The molecule has 6 aromatic rings. The van der Waals surface area contributed by atoms with E-state index in [0.29, 0.717) is 22.3 Å². The van der Waals surface area contributed by atoms with Gasteiger partial charge in [0.25, 0.3) is 0 Å². The van der Waals surface area contributed by atoms with Crippen LogP contribution in [0.5, 0.6) is 0 Å². The highest BCUT2D eigenvalue weighted by Crippen LogP contribution is 2.67. The highest BCUT2D eigenvalue weighted by Gasteiger charge is 2.32. The van der Waals surface area contributed by atoms with E-state index in [1.807, 2.05) is 39.0 Å². The third kappa shape index (κ3) is 3.75. The van der Waals surface area contributed by atoms with Gasteiger partial charge in [-0.15, -0.1) is 0 Å². The van der Waals surface area contributed by atoms with Crippen LogP contribution in [0.4, 0.5) is 8.78 Å². The van der Waals surface area contributed by atoms with Crippen molar-refractivity contribution in [2.75, 3.05) is 12.5 Å². The van der Waals surface area contributed by atoms with Gasteiger partial charge in [-0.1, -0.05) is 63.2 Å². The van der Waals surface area contributed by atoms with Crippen molar-refractivity contribution in [2.45, 2.75) is 36.0 Å². The van der Waals surface area contributed by atoms with Crippen LogP contribution in [0.3, 0.4) is 0 Å². The molecule has 0 bridgehead atoms. The largest absolute Gasteiger partial charge is 0.455 e.